The topological polar surface area (TPSA) is 103 Å². The van der Waals surface area contributed by atoms with Crippen molar-refractivity contribution in [3.05, 3.63) is 89.1 Å². The van der Waals surface area contributed by atoms with Gasteiger partial charge in [-0.25, -0.2) is 14.6 Å². The first-order valence-corrected chi connectivity index (χ1v) is 12.1. The summed E-state index contributed by atoms with van der Waals surface area (Å²) in [6.45, 7) is 5.77. The Labute approximate surface area is 215 Å². The molecule has 0 bridgehead atoms. The summed E-state index contributed by atoms with van der Waals surface area (Å²) in [7, 11) is 0. The largest absolute Gasteiger partial charge is 0.493 e. The highest BCUT2D eigenvalue weighted by atomic mass is 35.5. The maximum Gasteiger partial charge on any atom is 0.414 e. The van der Waals surface area contributed by atoms with Crippen molar-refractivity contribution in [3.63, 3.8) is 0 Å². The fourth-order valence-electron chi connectivity index (χ4n) is 3.83. The Morgan fingerprint density at radius 3 is 2.22 bits per heavy atom. The predicted molar refractivity (Wildman–Crippen MR) is 139 cm³/mol. The number of piperazine rings is 1. The van der Waals surface area contributed by atoms with Crippen molar-refractivity contribution in [3.8, 4) is 5.75 Å². The van der Waals surface area contributed by atoms with E-state index in [0.29, 0.717) is 6.61 Å². The molecule has 2 N–H and O–H groups in total. The predicted octanol–water partition coefficient (Wildman–Crippen LogP) is 3.88. The molecule has 1 aliphatic rings. The van der Waals surface area contributed by atoms with Crippen molar-refractivity contribution in [2.45, 2.75) is 12.8 Å². The summed E-state index contributed by atoms with van der Waals surface area (Å²) >= 11 is 6.27. The van der Waals surface area contributed by atoms with Gasteiger partial charge in [-0.15, -0.1) is 0 Å². The van der Waals surface area contributed by atoms with E-state index in [1.165, 1.54) is 11.1 Å². The zero-order valence-electron chi connectivity index (χ0n) is 19.9. The number of hydrogen-bond donors (Lipinski definition) is 2. The van der Waals surface area contributed by atoms with Crippen LogP contribution in [0.1, 0.15) is 11.1 Å². The highest BCUT2D eigenvalue weighted by Crippen LogP contribution is 2.24. The van der Waals surface area contributed by atoms with Crippen molar-refractivity contribution in [2.24, 2.45) is 0 Å². The van der Waals surface area contributed by atoms with Crippen LogP contribution in [0.15, 0.2) is 72.9 Å². The second-order valence-electron chi connectivity index (χ2n) is 8.21. The molecule has 4 rings (SSSR count). The summed E-state index contributed by atoms with van der Waals surface area (Å²) in [6.07, 6.45) is 3.70. The van der Waals surface area contributed by atoms with E-state index < -0.39 is 11.9 Å². The molecule has 0 radical (unpaired) electrons. The number of aliphatic carboxylic acids is 2. The maximum absolute atomic E-state index is 9.10. The number of carbonyl (C=O) groups is 2. The summed E-state index contributed by atoms with van der Waals surface area (Å²) in [4.78, 5) is 27.5. The molecule has 0 unspecified atom stereocenters. The third-order valence-corrected chi connectivity index (χ3v) is 5.97. The molecule has 0 spiro atoms. The van der Waals surface area contributed by atoms with Crippen LogP contribution in [0.5, 0.6) is 5.75 Å². The van der Waals surface area contributed by atoms with Gasteiger partial charge in [-0.2, -0.15) is 0 Å². The Hall–Kier alpha value is -3.62. The molecule has 1 saturated heterocycles. The number of ether oxygens (including phenoxy) is 1. The monoisotopic (exact) mass is 511 g/mol. The lowest BCUT2D eigenvalue weighted by molar-refractivity contribution is -0.159. The molecule has 3 aromatic rings. The second-order valence-corrected chi connectivity index (χ2v) is 8.65. The van der Waals surface area contributed by atoms with E-state index in [1.807, 2.05) is 42.6 Å². The molecule has 0 atom stereocenters. The van der Waals surface area contributed by atoms with Crippen molar-refractivity contribution < 1.29 is 24.5 Å². The number of benzene rings is 2. The molecule has 9 heteroatoms. The average molecular weight is 512 g/mol. The van der Waals surface area contributed by atoms with Gasteiger partial charge in [0.25, 0.3) is 0 Å². The number of pyridine rings is 1. The van der Waals surface area contributed by atoms with E-state index in [0.717, 1.165) is 62.2 Å². The second kappa shape index (κ2) is 14.1. The summed E-state index contributed by atoms with van der Waals surface area (Å²) in [5, 5.41) is 15.5. The van der Waals surface area contributed by atoms with Gasteiger partial charge in [0.2, 0.25) is 0 Å². The zero-order chi connectivity index (χ0) is 25.8. The van der Waals surface area contributed by atoms with Crippen LogP contribution in [-0.2, 0) is 22.4 Å². The van der Waals surface area contributed by atoms with Crippen LogP contribution in [0, 0.1) is 0 Å². The Bertz CT molecular complexity index is 1090. The summed E-state index contributed by atoms with van der Waals surface area (Å²) in [5.74, 6) is -1.63. The average Bonchev–Trinajstić information content (AvgIpc) is 2.90. The normalized spacial score (nSPS) is 13.4. The Morgan fingerprint density at radius 2 is 1.58 bits per heavy atom. The van der Waals surface area contributed by atoms with Crippen molar-refractivity contribution in [1.82, 2.24) is 9.88 Å². The Morgan fingerprint density at radius 1 is 0.889 bits per heavy atom. The SMILES string of the molecule is Clc1ccc(OCCc2ccccc2)c(CCN2CCN(c3ccccn3)CC2)c1.O=C(O)C(=O)O. The third-order valence-electron chi connectivity index (χ3n) is 5.74. The standard InChI is InChI=1S/C25H28ClN3O.C2H2O4/c26-23-9-10-24(30-19-12-21-6-2-1-3-7-21)22(20-23)11-14-28-15-17-29(18-16-28)25-8-4-5-13-27-25;3-1(4)2(5)6/h1-10,13,20H,11-12,14-19H2;(H,3,4)(H,5,6). The van der Waals surface area contributed by atoms with Gasteiger partial charge in [0.15, 0.2) is 0 Å². The molecule has 0 saturated carbocycles. The first-order chi connectivity index (χ1) is 17.4. The van der Waals surface area contributed by atoms with E-state index in [-0.39, 0.29) is 0 Å². The third kappa shape index (κ3) is 8.87. The number of rotatable bonds is 8. The fraction of sp³-hybridized carbons (Fsp3) is 0.296. The molecular weight excluding hydrogens is 482 g/mol. The lowest BCUT2D eigenvalue weighted by Gasteiger charge is -2.35. The molecule has 1 aromatic heterocycles. The van der Waals surface area contributed by atoms with Gasteiger partial charge in [0, 0.05) is 50.4 Å². The fourth-order valence-corrected chi connectivity index (χ4v) is 4.02. The van der Waals surface area contributed by atoms with Crippen LogP contribution >= 0.6 is 11.6 Å². The maximum atomic E-state index is 9.10. The van der Waals surface area contributed by atoms with E-state index >= 15 is 0 Å². The molecule has 8 nitrogen and oxygen atoms in total. The number of halogens is 1. The van der Waals surface area contributed by atoms with Gasteiger partial charge in [-0.3, -0.25) is 4.90 Å². The van der Waals surface area contributed by atoms with Gasteiger partial charge < -0.3 is 19.8 Å². The Balaban J connectivity index is 0.000000538. The van der Waals surface area contributed by atoms with Crippen LogP contribution in [0.4, 0.5) is 5.82 Å². The van der Waals surface area contributed by atoms with Crippen LogP contribution in [0.25, 0.3) is 0 Å². The number of nitrogens with zero attached hydrogens (tertiary/aromatic N) is 3. The first kappa shape index (κ1) is 27.0. The first-order valence-electron chi connectivity index (χ1n) is 11.7. The smallest absolute Gasteiger partial charge is 0.414 e. The summed E-state index contributed by atoms with van der Waals surface area (Å²) < 4.78 is 6.12. The molecule has 2 aromatic carbocycles. The number of anilines is 1. The minimum Gasteiger partial charge on any atom is -0.493 e. The van der Waals surface area contributed by atoms with Gasteiger partial charge in [0.05, 0.1) is 6.61 Å². The minimum absolute atomic E-state index is 0.668. The molecule has 36 heavy (non-hydrogen) atoms. The lowest BCUT2D eigenvalue weighted by Crippen LogP contribution is -2.47. The van der Waals surface area contributed by atoms with E-state index in [9.17, 15) is 0 Å². The molecule has 190 valence electrons. The summed E-state index contributed by atoms with van der Waals surface area (Å²) in [5.41, 5.74) is 2.47. The number of aromatic nitrogens is 1. The molecule has 0 amide bonds. The quantitative estimate of drug-likeness (QED) is 0.439. The lowest BCUT2D eigenvalue weighted by atomic mass is 10.1. The molecule has 1 aliphatic heterocycles. The van der Waals surface area contributed by atoms with E-state index in [4.69, 9.17) is 36.1 Å². The minimum atomic E-state index is -1.82. The Kier molecular flexibility index (Phi) is 10.5. The van der Waals surface area contributed by atoms with Gasteiger partial charge in [-0.1, -0.05) is 48.0 Å². The zero-order valence-corrected chi connectivity index (χ0v) is 20.7. The number of carboxylic acid groups (broad SMARTS) is 2. The number of hydrogen-bond acceptors (Lipinski definition) is 6. The van der Waals surface area contributed by atoms with Crippen LogP contribution in [0.3, 0.4) is 0 Å². The number of carboxylic acids is 2. The van der Waals surface area contributed by atoms with Crippen LogP contribution in [-0.4, -0.2) is 71.4 Å². The van der Waals surface area contributed by atoms with Crippen molar-refractivity contribution in [1.29, 1.82) is 0 Å². The van der Waals surface area contributed by atoms with Crippen molar-refractivity contribution in [2.75, 3.05) is 44.2 Å². The van der Waals surface area contributed by atoms with E-state index in [1.54, 1.807) is 0 Å². The highest BCUT2D eigenvalue weighted by Gasteiger charge is 2.18. The van der Waals surface area contributed by atoms with Crippen molar-refractivity contribution >= 4 is 29.4 Å². The summed E-state index contributed by atoms with van der Waals surface area (Å²) in [6, 6.07) is 22.5. The highest BCUT2D eigenvalue weighted by molar-refractivity contribution is 6.30. The van der Waals surface area contributed by atoms with Crippen LogP contribution < -0.4 is 9.64 Å². The molecule has 1 fully saturated rings. The molecular formula is C27H30ClN3O5. The molecule has 2 heterocycles. The van der Waals surface area contributed by atoms with E-state index in [2.05, 4.69) is 45.1 Å². The van der Waals surface area contributed by atoms with Crippen LogP contribution in [0.2, 0.25) is 5.02 Å². The van der Waals surface area contributed by atoms with Gasteiger partial charge in [0.1, 0.15) is 11.6 Å². The van der Waals surface area contributed by atoms with Gasteiger partial charge >= 0.3 is 11.9 Å². The van der Waals surface area contributed by atoms with Gasteiger partial charge in [-0.05, 0) is 47.9 Å². The molecule has 0 aliphatic carbocycles.